The van der Waals surface area contributed by atoms with Crippen LogP contribution in [0, 0.1) is 11.3 Å². The maximum absolute atomic E-state index is 12.6. The second-order valence-corrected chi connectivity index (χ2v) is 11.6. The van der Waals surface area contributed by atoms with Crippen molar-refractivity contribution < 1.29 is 19.0 Å². The topological polar surface area (TPSA) is 94.6 Å². The van der Waals surface area contributed by atoms with Crippen LogP contribution in [0.5, 0.6) is 17.2 Å². The van der Waals surface area contributed by atoms with Crippen LogP contribution in [-0.2, 0) is 16.8 Å². The summed E-state index contributed by atoms with van der Waals surface area (Å²) in [7, 11) is 0. The molecule has 1 aliphatic rings. The third-order valence-corrected chi connectivity index (χ3v) is 7.53. The Bertz CT molecular complexity index is 1740. The Kier molecular flexibility index (Phi) is 8.56. The number of esters is 1. The summed E-state index contributed by atoms with van der Waals surface area (Å²) in [4.78, 5) is 12.6. The Morgan fingerprint density at radius 2 is 1.70 bits per heavy atom. The molecule has 4 aromatic rings. The van der Waals surface area contributed by atoms with Crippen LogP contribution >= 0.6 is 11.6 Å². The average Bonchev–Trinajstić information content (AvgIpc) is 2.99. The number of halogens is 1. The Balaban J connectivity index is 1.30. The molecule has 1 aliphatic heterocycles. The van der Waals surface area contributed by atoms with Gasteiger partial charge in [0.15, 0.2) is 0 Å². The molecule has 1 heterocycles. The molecule has 0 fully saturated rings. The van der Waals surface area contributed by atoms with E-state index in [1.165, 1.54) is 11.6 Å². The van der Waals surface area contributed by atoms with Crippen molar-refractivity contribution in [3.8, 4) is 23.3 Å². The first kappa shape index (κ1) is 29.5. The van der Waals surface area contributed by atoms with Gasteiger partial charge in [-0.25, -0.2) is 4.79 Å². The second kappa shape index (κ2) is 12.5. The number of carbonyl (C=O) groups is 1. The van der Waals surface area contributed by atoms with Crippen LogP contribution in [-0.4, -0.2) is 5.97 Å². The number of nitrogens with two attached hydrogens (primary N) is 1. The lowest BCUT2D eigenvalue weighted by Crippen LogP contribution is -2.21. The molecule has 6 nitrogen and oxygen atoms in total. The third-order valence-electron chi connectivity index (χ3n) is 7.16. The minimum Gasteiger partial charge on any atom is -0.489 e. The minimum absolute atomic E-state index is 0.00104. The van der Waals surface area contributed by atoms with Crippen LogP contribution in [0.4, 0.5) is 0 Å². The smallest absolute Gasteiger partial charge is 0.336 e. The SMILES string of the molecule is CC(C)(C)c1ccc(/C=C/C(=O)Oc2ccc3c(c2)OC(N)=C(C#N)C3c2ccc(OCc3ccccc3Cl)cc2)cc1. The van der Waals surface area contributed by atoms with E-state index >= 15 is 0 Å². The van der Waals surface area contributed by atoms with Crippen molar-refractivity contribution in [1.82, 2.24) is 0 Å². The van der Waals surface area contributed by atoms with Crippen LogP contribution < -0.4 is 19.9 Å². The molecule has 7 heteroatoms. The van der Waals surface area contributed by atoms with E-state index in [4.69, 9.17) is 31.5 Å². The van der Waals surface area contributed by atoms with Crippen molar-refractivity contribution in [1.29, 1.82) is 5.26 Å². The highest BCUT2D eigenvalue weighted by atomic mass is 35.5. The minimum atomic E-state index is -0.527. The van der Waals surface area contributed by atoms with Crippen molar-refractivity contribution >= 4 is 23.6 Å². The van der Waals surface area contributed by atoms with E-state index in [2.05, 4.69) is 39.0 Å². The Morgan fingerprint density at radius 1 is 1.00 bits per heavy atom. The predicted octanol–water partition coefficient (Wildman–Crippen LogP) is 8.05. The van der Waals surface area contributed by atoms with E-state index in [-0.39, 0.29) is 11.3 Å². The maximum atomic E-state index is 12.6. The van der Waals surface area contributed by atoms with Crippen LogP contribution in [0.3, 0.4) is 0 Å². The zero-order valence-electron chi connectivity index (χ0n) is 24.1. The van der Waals surface area contributed by atoms with Crippen LogP contribution in [0.15, 0.2) is 109 Å². The van der Waals surface area contributed by atoms with E-state index in [0.717, 1.165) is 22.3 Å². The van der Waals surface area contributed by atoms with Crippen LogP contribution in [0.25, 0.3) is 6.08 Å². The fraction of sp³-hybridized carbons (Fsp3) is 0.167. The van der Waals surface area contributed by atoms with Crippen LogP contribution in [0.2, 0.25) is 5.02 Å². The number of nitrogens with zero attached hydrogens (tertiary/aromatic N) is 1. The standard InChI is InChI=1S/C36H31ClN2O4/c1-36(2,3)26-13-8-23(9-14-26)10-19-33(40)42-28-17-18-29-32(20-28)43-35(39)30(21-38)34(29)24-11-15-27(16-12-24)41-22-25-6-4-5-7-31(25)37/h4-20,34H,22,39H2,1-3H3/b19-10+. The number of rotatable bonds is 7. The lowest BCUT2D eigenvalue weighted by Gasteiger charge is -2.26. The molecule has 0 amide bonds. The lowest BCUT2D eigenvalue weighted by molar-refractivity contribution is -0.128. The van der Waals surface area contributed by atoms with Crippen molar-refractivity contribution in [3.05, 3.63) is 141 Å². The zero-order chi connectivity index (χ0) is 30.6. The summed E-state index contributed by atoms with van der Waals surface area (Å²) in [6.45, 7) is 6.79. The van der Waals surface area contributed by atoms with Gasteiger partial charge < -0.3 is 19.9 Å². The van der Waals surface area contributed by atoms with E-state index in [9.17, 15) is 10.1 Å². The monoisotopic (exact) mass is 590 g/mol. The van der Waals surface area contributed by atoms with Gasteiger partial charge in [-0.3, -0.25) is 0 Å². The predicted molar refractivity (Wildman–Crippen MR) is 168 cm³/mol. The highest BCUT2D eigenvalue weighted by molar-refractivity contribution is 6.31. The molecule has 43 heavy (non-hydrogen) atoms. The van der Waals surface area contributed by atoms with Gasteiger partial charge in [0.1, 0.15) is 35.5 Å². The maximum Gasteiger partial charge on any atom is 0.336 e. The molecule has 0 saturated carbocycles. The van der Waals surface area contributed by atoms with Gasteiger partial charge in [-0.2, -0.15) is 5.26 Å². The zero-order valence-corrected chi connectivity index (χ0v) is 24.9. The van der Waals surface area contributed by atoms with Gasteiger partial charge in [-0.05, 0) is 52.4 Å². The quantitative estimate of drug-likeness (QED) is 0.133. The summed E-state index contributed by atoms with van der Waals surface area (Å²) < 4.78 is 17.2. The number of benzene rings is 4. The summed E-state index contributed by atoms with van der Waals surface area (Å²) >= 11 is 6.24. The Labute approximate surface area is 256 Å². The van der Waals surface area contributed by atoms with Crippen molar-refractivity contribution in [2.45, 2.75) is 38.7 Å². The summed E-state index contributed by atoms with van der Waals surface area (Å²) in [6, 6.07) is 30.3. The lowest BCUT2D eigenvalue weighted by atomic mass is 9.83. The van der Waals surface area contributed by atoms with Gasteiger partial charge in [0.2, 0.25) is 5.88 Å². The highest BCUT2D eigenvalue weighted by Crippen LogP contribution is 2.43. The number of fused-ring (bicyclic) bond motifs is 1. The van der Waals surface area contributed by atoms with Gasteiger partial charge in [0.05, 0.1) is 5.92 Å². The number of nitriles is 1. The van der Waals surface area contributed by atoms with Crippen molar-refractivity contribution in [2.24, 2.45) is 5.73 Å². The number of hydrogen-bond acceptors (Lipinski definition) is 6. The fourth-order valence-corrected chi connectivity index (χ4v) is 4.97. The summed E-state index contributed by atoms with van der Waals surface area (Å²) in [5.41, 5.74) is 11.1. The number of ether oxygens (including phenoxy) is 3. The molecule has 0 spiro atoms. The molecule has 1 atom stereocenters. The van der Waals surface area contributed by atoms with E-state index in [1.807, 2.05) is 60.7 Å². The first-order valence-electron chi connectivity index (χ1n) is 13.8. The van der Waals surface area contributed by atoms with Crippen molar-refractivity contribution in [3.63, 3.8) is 0 Å². The van der Waals surface area contributed by atoms with E-state index < -0.39 is 11.9 Å². The van der Waals surface area contributed by atoms with Gasteiger partial charge in [0, 0.05) is 28.3 Å². The molecule has 0 aromatic heterocycles. The summed E-state index contributed by atoms with van der Waals surface area (Å²) in [5.74, 6) is 0.375. The Morgan fingerprint density at radius 3 is 2.37 bits per heavy atom. The molecular formula is C36H31ClN2O4. The molecule has 4 aromatic carbocycles. The molecule has 1 unspecified atom stereocenters. The van der Waals surface area contributed by atoms with Crippen molar-refractivity contribution in [2.75, 3.05) is 0 Å². The molecule has 0 aliphatic carbocycles. The molecular weight excluding hydrogens is 560 g/mol. The molecule has 216 valence electrons. The van der Waals surface area contributed by atoms with Crippen LogP contribution in [0.1, 0.15) is 54.5 Å². The molecule has 0 saturated heterocycles. The highest BCUT2D eigenvalue weighted by Gasteiger charge is 2.31. The fourth-order valence-electron chi connectivity index (χ4n) is 4.78. The first-order valence-corrected chi connectivity index (χ1v) is 14.2. The molecule has 2 N–H and O–H groups in total. The number of allylic oxidation sites excluding steroid dienone is 1. The van der Waals surface area contributed by atoms with Gasteiger partial charge in [-0.15, -0.1) is 0 Å². The summed E-state index contributed by atoms with van der Waals surface area (Å²) in [5, 5.41) is 10.6. The first-order chi connectivity index (χ1) is 20.6. The third kappa shape index (κ3) is 6.91. The molecule has 0 radical (unpaired) electrons. The van der Waals surface area contributed by atoms with Gasteiger partial charge >= 0.3 is 5.97 Å². The number of carbonyl (C=O) groups excluding carboxylic acids is 1. The van der Waals surface area contributed by atoms with E-state index in [0.29, 0.717) is 34.5 Å². The summed E-state index contributed by atoms with van der Waals surface area (Å²) in [6.07, 6.45) is 3.09. The van der Waals surface area contributed by atoms with E-state index in [1.54, 1.807) is 24.3 Å². The van der Waals surface area contributed by atoms with Gasteiger partial charge in [0.25, 0.3) is 0 Å². The normalized spacial score (nSPS) is 14.5. The number of hydrogen-bond donors (Lipinski definition) is 1. The largest absolute Gasteiger partial charge is 0.489 e. The van der Waals surface area contributed by atoms with Gasteiger partial charge in [-0.1, -0.05) is 93.0 Å². The molecule has 5 rings (SSSR count). The molecule has 0 bridgehead atoms. The Hall–Kier alpha value is -4.99. The second-order valence-electron chi connectivity index (χ2n) is 11.2. The average molecular weight is 591 g/mol.